The van der Waals surface area contributed by atoms with Gasteiger partial charge in [-0.15, -0.1) is 0 Å². The standard InChI is InChI=1S/C19H28N2O/c1-14(20)15-9-11-21(12-10-15)19(22)13-17-7-4-6-16-5-2-3-8-18(16)17/h2-3,5,8,14-15,17H,4,6-7,9-13,20H2,1H3. The maximum atomic E-state index is 12.6. The Kier molecular flexibility index (Phi) is 4.82. The molecule has 1 fully saturated rings. The molecule has 3 nitrogen and oxygen atoms in total. The van der Waals surface area contributed by atoms with Gasteiger partial charge in [0.05, 0.1) is 0 Å². The molecular formula is C19H28N2O. The van der Waals surface area contributed by atoms with Crippen molar-refractivity contribution >= 4 is 5.91 Å². The molecule has 2 N–H and O–H groups in total. The molecule has 0 saturated carbocycles. The number of carbonyl (C=O) groups excluding carboxylic acids is 1. The minimum atomic E-state index is 0.252. The van der Waals surface area contributed by atoms with Gasteiger partial charge in [-0.05, 0) is 62.0 Å². The van der Waals surface area contributed by atoms with E-state index in [9.17, 15) is 4.79 Å². The van der Waals surface area contributed by atoms with Crippen molar-refractivity contribution in [3.05, 3.63) is 35.4 Å². The Balaban J connectivity index is 1.59. The van der Waals surface area contributed by atoms with Crippen LogP contribution in [0.4, 0.5) is 0 Å². The first-order valence-electron chi connectivity index (χ1n) is 8.76. The van der Waals surface area contributed by atoms with Gasteiger partial charge in [0.1, 0.15) is 0 Å². The quantitative estimate of drug-likeness (QED) is 0.932. The summed E-state index contributed by atoms with van der Waals surface area (Å²) < 4.78 is 0. The first-order valence-corrected chi connectivity index (χ1v) is 8.76. The number of benzene rings is 1. The van der Waals surface area contributed by atoms with Gasteiger partial charge in [0.2, 0.25) is 5.91 Å². The first kappa shape index (κ1) is 15.5. The lowest BCUT2D eigenvalue weighted by Gasteiger charge is -2.35. The molecule has 0 spiro atoms. The Morgan fingerprint density at radius 3 is 2.73 bits per heavy atom. The van der Waals surface area contributed by atoms with Crippen LogP contribution in [-0.2, 0) is 11.2 Å². The van der Waals surface area contributed by atoms with Crippen molar-refractivity contribution in [3.8, 4) is 0 Å². The number of piperidine rings is 1. The summed E-state index contributed by atoms with van der Waals surface area (Å²) in [6, 6.07) is 8.91. The Morgan fingerprint density at radius 1 is 1.27 bits per heavy atom. The van der Waals surface area contributed by atoms with Crippen LogP contribution in [-0.4, -0.2) is 29.9 Å². The van der Waals surface area contributed by atoms with Crippen LogP contribution in [0.25, 0.3) is 0 Å². The van der Waals surface area contributed by atoms with Crippen LogP contribution in [0.1, 0.15) is 56.1 Å². The molecule has 3 rings (SSSR count). The van der Waals surface area contributed by atoms with E-state index in [4.69, 9.17) is 5.73 Å². The summed E-state index contributed by atoms with van der Waals surface area (Å²) in [7, 11) is 0. The number of amides is 1. The molecule has 0 aromatic heterocycles. The Bertz CT molecular complexity index is 518. The van der Waals surface area contributed by atoms with Gasteiger partial charge < -0.3 is 10.6 Å². The number of fused-ring (bicyclic) bond motifs is 1. The van der Waals surface area contributed by atoms with Crippen LogP contribution in [0.2, 0.25) is 0 Å². The highest BCUT2D eigenvalue weighted by Gasteiger charge is 2.28. The Labute approximate surface area is 133 Å². The number of aryl methyl sites for hydroxylation is 1. The number of rotatable bonds is 3. The van der Waals surface area contributed by atoms with Gasteiger partial charge in [0, 0.05) is 25.6 Å². The predicted molar refractivity (Wildman–Crippen MR) is 89.7 cm³/mol. The highest BCUT2D eigenvalue weighted by Crippen LogP contribution is 2.34. The zero-order chi connectivity index (χ0) is 15.5. The fourth-order valence-corrected chi connectivity index (χ4v) is 4.08. The predicted octanol–water partition coefficient (Wildman–Crippen LogP) is 3.08. The van der Waals surface area contributed by atoms with Gasteiger partial charge in [-0.2, -0.15) is 0 Å². The van der Waals surface area contributed by atoms with Gasteiger partial charge in [0.25, 0.3) is 0 Å². The third kappa shape index (κ3) is 3.35. The summed E-state index contributed by atoms with van der Waals surface area (Å²) in [4.78, 5) is 14.7. The van der Waals surface area contributed by atoms with E-state index in [-0.39, 0.29) is 6.04 Å². The topological polar surface area (TPSA) is 46.3 Å². The van der Waals surface area contributed by atoms with Crippen molar-refractivity contribution in [1.29, 1.82) is 0 Å². The van der Waals surface area contributed by atoms with E-state index in [1.54, 1.807) is 0 Å². The van der Waals surface area contributed by atoms with Crippen LogP contribution in [0.15, 0.2) is 24.3 Å². The third-order valence-electron chi connectivity index (χ3n) is 5.55. The van der Waals surface area contributed by atoms with Crippen LogP contribution in [0.3, 0.4) is 0 Å². The van der Waals surface area contributed by atoms with Crippen molar-refractivity contribution < 1.29 is 4.79 Å². The van der Waals surface area contributed by atoms with E-state index in [0.717, 1.165) is 32.4 Å². The molecule has 1 aliphatic heterocycles. The normalized spacial score (nSPS) is 23.9. The summed E-state index contributed by atoms with van der Waals surface area (Å²) in [5, 5.41) is 0. The van der Waals surface area contributed by atoms with Gasteiger partial charge in [-0.3, -0.25) is 4.79 Å². The van der Waals surface area contributed by atoms with Gasteiger partial charge in [-0.25, -0.2) is 0 Å². The number of nitrogens with zero attached hydrogens (tertiary/aromatic N) is 1. The molecule has 2 aliphatic rings. The van der Waals surface area contributed by atoms with E-state index in [1.165, 1.54) is 24.0 Å². The van der Waals surface area contributed by atoms with Gasteiger partial charge in [-0.1, -0.05) is 24.3 Å². The average Bonchev–Trinajstić information content (AvgIpc) is 2.55. The molecule has 1 heterocycles. The lowest BCUT2D eigenvalue weighted by molar-refractivity contribution is -0.133. The molecule has 1 amide bonds. The summed E-state index contributed by atoms with van der Waals surface area (Å²) >= 11 is 0. The average molecular weight is 300 g/mol. The maximum Gasteiger partial charge on any atom is 0.223 e. The monoisotopic (exact) mass is 300 g/mol. The molecule has 120 valence electrons. The number of carbonyl (C=O) groups is 1. The molecule has 0 bridgehead atoms. The second-order valence-corrected chi connectivity index (χ2v) is 7.07. The second-order valence-electron chi connectivity index (χ2n) is 7.07. The zero-order valence-corrected chi connectivity index (χ0v) is 13.6. The summed E-state index contributed by atoms with van der Waals surface area (Å²) in [5.41, 5.74) is 8.84. The third-order valence-corrected chi connectivity index (χ3v) is 5.55. The van der Waals surface area contributed by atoms with Crippen molar-refractivity contribution in [1.82, 2.24) is 4.90 Å². The van der Waals surface area contributed by atoms with Crippen LogP contribution < -0.4 is 5.73 Å². The summed E-state index contributed by atoms with van der Waals surface area (Å²) in [6.45, 7) is 3.86. The maximum absolute atomic E-state index is 12.6. The second kappa shape index (κ2) is 6.82. The first-order chi connectivity index (χ1) is 10.6. The van der Waals surface area contributed by atoms with E-state index >= 15 is 0 Å². The van der Waals surface area contributed by atoms with Crippen LogP contribution >= 0.6 is 0 Å². The van der Waals surface area contributed by atoms with Crippen molar-refractivity contribution in [2.45, 2.75) is 57.4 Å². The number of hydrogen-bond acceptors (Lipinski definition) is 2. The van der Waals surface area contributed by atoms with Crippen LogP contribution in [0, 0.1) is 5.92 Å². The molecule has 22 heavy (non-hydrogen) atoms. The van der Waals surface area contributed by atoms with Crippen molar-refractivity contribution in [3.63, 3.8) is 0 Å². The zero-order valence-electron chi connectivity index (χ0n) is 13.6. The van der Waals surface area contributed by atoms with Crippen molar-refractivity contribution in [2.75, 3.05) is 13.1 Å². The van der Waals surface area contributed by atoms with E-state index < -0.39 is 0 Å². The smallest absolute Gasteiger partial charge is 0.223 e. The van der Waals surface area contributed by atoms with Crippen molar-refractivity contribution in [2.24, 2.45) is 11.7 Å². The van der Waals surface area contributed by atoms with E-state index in [1.807, 2.05) is 0 Å². The van der Waals surface area contributed by atoms with E-state index in [2.05, 4.69) is 36.1 Å². The number of hydrogen-bond donors (Lipinski definition) is 1. The molecule has 1 aromatic rings. The summed E-state index contributed by atoms with van der Waals surface area (Å²) in [6.07, 6.45) is 6.33. The molecule has 0 radical (unpaired) electrons. The molecule has 2 unspecified atom stereocenters. The summed E-state index contributed by atoms with van der Waals surface area (Å²) in [5.74, 6) is 1.34. The minimum Gasteiger partial charge on any atom is -0.343 e. The number of likely N-dealkylation sites (tertiary alicyclic amines) is 1. The lowest BCUT2D eigenvalue weighted by Crippen LogP contribution is -2.43. The highest BCUT2D eigenvalue weighted by atomic mass is 16.2. The lowest BCUT2D eigenvalue weighted by atomic mass is 9.80. The molecule has 3 heteroatoms. The Morgan fingerprint density at radius 2 is 2.00 bits per heavy atom. The van der Waals surface area contributed by atoms with E-state index in [0.29, 0.717) is 24.2 Å². The highest BCUT2D eigenvalue weighted by molar-refractivity contribution is 5.77. The molecular weight excluding hydrogens is 272 g/mol. The SMILES string of the molecule is CC(N)C1CCN(C(=O)CC2CCCc3ccccc32)CC1. The number of nitrogens with two attached hydrogens (primary N) is 1. The fraction of sp³-hybridized carbons (Fsp3) is 0.632. The fourth-order valence-electron chi connectivity index (χ4n) is 4.08. The van der Waals surface area contributed by atoms with Gasteiger partial charge in [0.15, 0.2) is 0 Å². The molecule has 1 aromatic carbocycles. The molecule has 1 aliphatic carbocycles. The van der Waals surface area contributed by atoms with Crippen LogP contribution in [0.5, 0.6) is 0 Å². The Hall–Kier alpha value is -1.35. The van der Waals surface area contributed by atoms with Gasteiger partial charge >= 0.3 is 0 Å². The molecule has 1 saturated heterocycles. The molecule has 2 atom stereocenters. The largest absolute Gasteiger partial charge is 0.343 e. The minimum absolute atomic E-state index is 0.252.